The molecule has 95 heavy (non-hydrogen) atoms. The van der Waals surface area contributed by atoms with Gasteiger partial charge < -0.3 is 55.1 Å². The van der Waals surface area contributed by atoms with E-state index in [9.17, 15) is 46.7 Å². The van der Waals surface area contributed by atoms with Crippen LogP contribution in [0.4, 0.5) is 13.2 Å². The van der Waals surface area contributed by atoms with Crippen molar-refractivity contribution in [2.24, 2.45) is 35.5 Å². The van der Waals surface area contributed by atoms with Gasteiger partial charge in [-0.05, 0) is 126 Å². The van der Waals surface area contributed by atoms with E-state index in [0.717, 1.165) is 56.3 Å². The van der Waals surface area contributed by atoms with Gasteiger partial charge in [0.15, 0.2) is 0 Å². The number of alkyl halides is 4. The van der Waals surface area contributed by atoms with E-state index in [0.29, 0.717) is 57.9 Å². The van der Waals surface area contributed by atoms with Gasteiger partial charge in [-0.15, -0.1) is 11.6 Å². The number of carbonyl (C=O) groups is 11. The first kappa shape index (κ1) is 76.6. The lowest BCUT2D eigenvalue weighted by molar-refractivity contribution is -0.182. The maximum absolute atomic E-state index is 15.6. The number of nitrogens with zero attached hydrogens (tertiary/aromatic N) is 8. The van der Waals surface area contributed by atoms with Gasteiger partial charge in [0, 0.05) is 73.2 Å². The van der Waals surface area contributed by atoms with Crippen LogP contribution < -0.4 is 16.0 Å². The van der Waals surface area contributed by atoms with Crippen LogP contribution in [0, 0.1) is 35.5 Å². The van der Waals surface area contributed by atoms with E-state index in [1.165, 1.54) is 57.6 Å². The molecule has 26 heteroatoms. The average molecular weight is 1360 g/mol. The monoisotopic (exact) mass is 1360 g/mol. The Hall–Kier alpha value is -5.75. The van der Waals surface area contributed by atoms with E-state index in [2.05, 4.69) is 16.0 Å². The third-order valence-electron chi connectivity index (χ3n) is 22.4. The molecular formula is C69H111ClF3N11O11. The molecular weight excluding hydrogens is 1250 g/mol. The van der Waals surface area contributed by atoms with Crippen LogP contribution in [0.15, 0.2) is 0 Å². The van der Waals surface area contributed by atoms with Gasteiger partial charge in [-0.3, -0.25) is 52.7 Å². The van der Waals surface area contributed by atoms with Crippen LogP contribution in [0.3, 0.4) is 0 Å². The molecule has 0 aromatic rings. The Morgan fingerprint density at radius 3 is 1.79 bits per heavy atom. The number of hydrogen-bond acceptors (Lipinski definition) is 11. The summed E-state index contributed by atoms with van der Waals surface area (Å²) in [6.45, 7) is 6.42. The van der Waals surface area contributed by atoms with Gasteiger partial charge in [0.1, 0.15) is 41.8 Å². The first-order chi connectivity index (χ1) is 44.9. The van der Waals surface area contributed by atoms with Crippen molar-refractivity contribution < 1.29 is 65.9 Å². The second kappa shape index (κ2) is 34.2. The molecule has 11 amide bonds. The second-order valence-electron chi connectivity index (χ2n) is 29.7. The molecule has 1 spiro atoms. The highest BCUT2D eigenvalue weighted by Crippen LogP contribution is 2.44. The molecule has 11 atom stereocenters. The Balaban J connectivity index is 1.23. The molecule has 3 unspecified atom stereocenters. The highest BCUT2D eigenvalue weighted by molar-refractivity contribution is 6.20. The van der Waals surface area contributed by atoms with Crippen LogP contribution in [-0.2, 0) is 52.7 Å². The fourth-order valence-electron chi connectivity index (χ4n) is 16.3. The van der Waals surface area contributed by atoms with Gasteiger partial charge in [0.2, 0.25) is 65.0 Å². The van der Waals surface area contributed by atoms with Gasteiger partial charge in [0.05, 0.1) is 25.6 Å². The highest BCUT2D eigenvalue weighted by Gasteiger charge is 2.52. The maximum atomic E-state index is 15.6. The fourth-order valence-corrected chi connectivity index (χ4v) is 16.8. The summed E-state index contributed by atoms with van der Waals surface area (Å²) in [6.07, 6.45) is 8.37. The molecule has 0 bridgehead atoms. The predicted molar refractivity (Wildman–Crippen MR) is 352 cm³/mol. The van der Waals surface area contributed by atoms with Gasteiger partial charge in [-0.25, -0.2) is 0 Å². The molecule has 536 valence electrons. The third-order valence-corrected chi connectivity index (χ3v) is 22.9. The first-order valence-electron chi connectivity index (χ1n) is 35.6. The molecule has 0 radical (unpaired) electrons. The lowest BCUT2D eigenvalue weighted by Crippen LogP contribution is -2.65. The standard InChI is InChI=1S/C69H111ClF3N11O11/c1-11-44(4)59-65(93)79(7)41-57(87)77(5)42-58(88)81(9)54(38-45-22-14-12-15-23-45)64(92)78(6)40-55(85)74-51(31-29-46-28-30-49(50(70)37-46)69(71,72)73)63(91)84-35-21-27-52(84)62(90)76-68(32-18-19-33-68)67(95)82(10)60(47-24-16-13-17-25-47)66(94)83-34-20-26-48(83)39-56(86)80(8)53(36-43(2)3)61(89)75-59/h43-54,59-60H,11-42H2,1-10H3,(H,74,85)(H,75,89)(H,76,90)/t44-,46?,48+,49?,50?,51-,52-,53-,54-,59-,60-/m0/s1. The van der Waals surface area contributed by atoms with Gasteiger partial charge in [-0.1, -0.05) is 98.3 Å². The Labute approximate surface area is 566 Å². The minimum Gasteiger partial charge on any atom is -0.343 e. The zero-order chi connectivity index (χ0) is 69.8. The lowest BCUT2D eigenvalue weighted by Gasteiger charge is -2.43. The summed E-state index contributed by atoms with van der Waals surface area (Å²) in [4.78, 5) is 174. The van der Waals surface area contributed by atoms with Crippen LogP contribution >= 0.6 is 11.6 Å². The summed E-state index contributed by atoms with van der Waals surface area (Å²) >= 11 is 6.40. The summed E-state index contributed by atoms with van der Waals surface area (Å²) in [5, 5.41) is 7.73. The number of hydrogen-bond donors (Lipinski definition) is 3. The van der Waals surface area contributed by atoms with Crippen molar-refractivity contribution in [1.29, 1.82) is 0 Å². The molecule has 7 rings (SSSR count). The summed E-state index contributed by atoms with van der Waals surface area (Å²) < 4.78 is 41.9. The number of nitrogens with one attached hydrogen (secondary N) is 3. The molecule has 3 N–H and O–H groups in total. The van der Waals surface area contributed by atoms with E-state index in [1.807, 2.05) is 20.8 Å². The average Bonchev–Trinajstić information content (AvgIpc) is 1.18. The molecule has 7 fully saturated rings. The predicted octanol–water partition coefficient (Wildman–Crippen LogP) is 6.64. The van der Waals surface area contributed by atoms with Crippen LogP contribution in [0.1, 0.15) is 201 Å². The van der Waals surface area contributed by atoms with E-state index >= 15 is 19.2 Å². The number of likely N-dealkylation sites (N-methyl/N-ethyl adjacent to an activating group) is 6. The molecule has 3 heterocycles. The van der Waals surface area contributed by atoms with E-state index in [1.54, 1.807) is 25.9 Å². The SMILES string of the molecule is CC[C@H](C)[C@@H]1NC(=O)[C@H](CC(C)C)N(C)C(=O)C[C@H]2CCCN2C(=O)[C@H](C2CCCCC2)N(C)C(=O)C2(CCCC2)NC(=O)[C@@H]2CCCN2C(=O)[C@H](CCC2CCC(C(F)(F)F)C(Cl)C2)NC(=O)CN(C)C(=O)[C@H](CC2CCCCC2)N(C)C(=O)CN(C)C(=O)CN(C)C1=O. The third kappa shape index (κ3) is 19.3. The molecule has 7 aliphatic rings. The Kier molecular flexibility index (Phi) is 27.5. The molecule has 4 saturated carbocycles. The Bertz CT molecular complexity index is 2730. The van der Waals surface area contributed by atoms with Crippen LogP contribution in [-0.4, -0.2) is 239 Å². The van der Waals surface area contributed by atoms with Gasteiger partial charge in [-0.2, -0.15) is 13.2 Å². The van der Waals surface area contributed by atoms with E-state index in [4.69, 9.17) is 11.6 Å². The number of halogens is 4. The molecule has 0 aromatic carbocycles. The molecule has 0 aromatic heterocycles. The van der Waals surface area contributed by atoms with Gasteiger partial charge in [0.25, 0.3) is 0 Å². The molecule has 3 saturated heterocycles. The van der Waals surface area contributed by atoms with E-state index < -0.39 is 150 Å². The summed E-state index contributed by atoms with van der Waals surface area (Å²) in [5.74, 6) is -8.69. The normalized spacial score (nSPS) is 30.7. The zero-order valence-corrected chi connectivity index (χ0v) is 59.0. The van der Waals surface area contributed by atoms with Crippen molar-refractivity contribution in [3.63, 3.8) is 0 Å². The van der Waals surface area contributed by atoms with Crippen LogP contribution in [0.2, 0.25) is 0 Å². The van der Waals surface area contributed by atoms with Crippen molar-refractivity contribution >= 4 is 76.6 Å². The zero-order valence-electron chi connectivity index (χ0n) is 58.3. The van der Waals surface area contributed by atoms with Crippen molar-refractivity contribution in [3.8, 4) is 0 Å². The van der Waals surface area contributed by atoms with Gasteiger partial charge >= 0.3 is 6.18 Å². The van der Waals surface area contributed by atoms with Crippen molar-refractivity contribution in [1.82, 2.24) is 55.1 Å². The Morgan fingerprint density at radius 1 is 0.568 bits per heavy atom. The molecule has 22 nitrogen and oxygen atoms in total. The second-order valence-corrected chi connectivity index (χ2v) is 30.3. The van der Waals surface area contributed by atoms with Crippen LogP contribution in [0.25, 0.3) is 0 Å². The summed E-state index contributed by atoms with van der Waals surface area (Å²) in [6, 6.07) is -7.13. The fraction of sp³-hybridized carbons (Fsp3) is 0.841. The molecule has 3 aliphatic heterocycles. The maximum Gasteiger partial charge on any atom is 0.393 e. The largest absolute Gasteiger partial charge is 0.393 e. The summed E-state index contributed by atoms with van der Waals surface area (Å²) in [7, 11) is 8.88. The minimum atomic E-state index is -4.49. The van der Waals surface area contributed by atoms with Crippen molar-refractivity contribution in [3.05, 3.63) is 0 Å². The molecule has 4 aliphatic carbocycles. The van der Waals surface area contributed by atoms with E-state index in [-0.39, 0.29) is 107 Å². The topological polar surface area (TPSA) is 250 Å². The minimum absolute atomic E-state index is 0.0220. The highest BCUT2D eigenvalue weighted by atomic mass is 35.5. The quantitative estimate of drug-likeness (QED) is 0.196. The number of amides is 11. The smallest absolute Gasteiger partial charge is 0.343 e. The summed E-state index contributed by atoms with van der Waals surface area (Å²) in [5.41, 5.74) is -1.45. The van der Waals surface area contributed by atoms with Crippen molar-refractivity contribution in [2.75, 3.05) is 75.0 Å². The first-order valence-corrected chi connectivity index (χ1v) is 36.1. The Morgan fingerprint density at radius 2 is 1.17 bits per heavy atom. The number of rotatable bonds is 10. The number of fused-ring (bicyclic) bond motifs is 2. The van der Waals surface area contributed by atoms with Crippen LogP contribution in [0.5, 0.6) is 0 Å². The van der Waals surface area contributed by atoms with Crippen molar-refractivity contribution in [2.45, 2.75) is 260 Å². The lowest BCUT2D eigenvalue weighted by atomic mass is 9.78. The number of carbonyl (C=O) groups excluding carboxylic acids is 11.